The lowest BCUT2D eigenvalue weighted by Crippen LogP contribution is -2.11. The number of rotatable bonds is 11. The van der Waals surface area contributed by atoms with E-state index in [-0.39, 0.29) is 0 Å². The molecule has 0 aliphatic carbocycles. The second kappa shape index (κ2) is 10.9. The van der Waals surface area contributed by atoms with Gasteiger partial charge in [-0.3, -0.25) is 0 Å². The lowest BCUT2D eigenvalue weighted by atomic mass is 10.2. The van der Waals surface area contributed by atoms with Crippen LogP contribution < -0.4 is 20.9 Å². The molecule has 0 saturated carbocycles. The number of nitrogens with two attached hydrogens (primary N) is 2. The summed E-state index contributed by atoms with van der Waals surface area (Å²) in [6.45, 7) is 2.51. The molecule has 10 nitrogen and oxygen atoms in total. The monoisotopic (exact) mass is 485 g/mol. The highest BCUT2D eigenvalue weighted by atomic mass is 16.5. The van der Waals surface area contributed by atoms with Gasteiger partial charge in [0.05, 0.1) is 43.1 Å². The molecule has 0 aliphatic heterocycles. The zero-order chi connectivity index (χ0) is 24.7. The van der Waals surface area contributed by atoms with E-state index in [0.29, 0.717) is 51.0 Å². The third-order valence-corrected chi connectivity index (χ3v) is 5.56. The quantitative estimate of drug-likeness (QED) is 0.270. The fourth-order valence-electron chi connectivity index (χ4n) is 3.78. The number of ether oxygens (including phenoxy) is 3. The van der Waals surface area contributed by atoms with Crippen LogP contribution in [0.15, 0.2) is 66.9 Å². The minimum atomic E-state index is 0.449. The van der Waals surface area contributed by atoms with E-state index in [9.17, 15) is 0 Å². The van der Waals surface area contributed by atoms with Crippen molar-refractivity contribution in [2.75, 3.05) is 37.9 Å². The molecule has 5 aromatic rings. The number of hydrogen-bond donors (Lipinski definition) is 2. The third kappa shape index (κ3) is 5.78. The molecular formula is C26H27N7O3. The summed E-state index contributed by atoms with van der Waals surface area (Å²) in [4.78, 5) is 8.61. The molecule has 5 rings (SSSR count). The van der Waals surface area contributed by atoms with Gasteiger partial charge in [-0.25, -0.2) is 14.6 Å². The van der Waals surface area contributed by atoms with Crippen molar-refractivity contribution in [1.82, 2.24) is 25.0 Å². The predicted octanol–water partition coefficient (Wildman–Crippen LogP) is 3.26. The van der Waals surface area contributed by atoms with Gasteiger partial charge < -0.3 is 25.7 Å². The maximum Gasteiger partial charge on any atom is 0.128 e. The van der Waals surface area contributed by atoms with E-state index < -0.39 is 0 Å². The molecule has 0 unspecified atom stereocenters. The number of anilines is 2. The van der Waals surface area contributed by atoms with E-state index in [2.05, 4.69) is 20.3 Å². The molecule has 4 N–H and O–H groups in total. The minimum absolute atomic E-state index is 0.449. The highest BCUT2D eigenvalue weighted by Gasteiger charge is 2.06. The minimum Gasteiger partial charge on any atom is -0.492 e. The van der Waals surface area contributed by atoms with Gasteiger partial charge in [-0.05, 0) is 54.6 Å². The van der Waals surface area contributed by atoms with Gasteiger partial charge in [-0.2, -0.15) is 0 Å². The Balaban J connectivity index is 1.01. The number of nitrogens with zero attached hydrogens (tertiary/aromatic N) is 5. The number of benzene rings is 2. The van der Waals surface area contributed by atoms with Crippen LogP contribution in [-0.4, -0.2) is 51.4 Å². The maximum absolute atomic E-state index is 5.96. The zero-order valence-corrected chi connectivity index (χ0v) is 19.7. The molecule has 10 heteroatoms. The Kier molecular flexibility index (Phi) is 7.04. The summed E-state index contributed by atoms with van der Waals surface area (Å²) >= 11 is 0. The number of aromatic nitrogens is 5. The van der Waals surface area contributed by atoms with E-state index in [0.717, 1.165) is 39.0 Å². The lowest BCUT2D eigenvalue weighted by Gasteiger charge is -2.08. The standard InChI is InChI=1S/C26H27N7O3/c27-25-8-4-18-16-20(5-7-22(18)29-25)35-15-14-34-13-11-33-17-19(31-32-33)10-12-36-24-3-1-2-23-21(24)6-9-26(28)30-23/h1-9,16-17H,10-15H2,(H2,27,29)(H2,28,30). The number of fused-ring (bicyclic) bond motifs is 2. The van der Waals surface area contributed by atoms with E-state index >= 15 is 0 Å². The van der Waals surface area contributed by atoms with Crippen molar-refractivity contribution >= 4 is 33.4 Å². The van der Waals surface area contributed by atoms with Gasteiger partial charge in [0.25, 0.3) is 0 Å². The van der Waals surface area contributed by atoms with Crippen LogP contribution in [0.1, 0.15) is 5.69 Å². The van der Waals surface area contributed by atoms with Gasteiger partial charge in [0.1, 0.15) is 29.7 Å². The first kappa shape index (κ1) is 23.3. The Bertz CT molecular complexity index is 1470. The molecule has 0 atom stereocenters. The predicted molar refractivity (Wildman–Crippen MR) is 138 cm³/mol. The van der Waals surface area contributed by atoms with Gasteiger partial charge >= 0.3 is 0 Å². The Labute approximate surface area is 207 Å². The van der Waals surface area contributed by atoms with Crippen molar-refractivity contribution in [3.05, 3.63) is 72.6 Å². The normalized spacial score (nSPS) is 11.2. The Morgan fingerprint density at radius 3 is 2.56 bits per heavy atom. The highest BCUT2D eigenvalue weighted by Crippen LogP contribution is 2.25. The molecule has 184 valence electrons. The topological polar surface area (TPSA) is 136 Å². The van der Waals surface area contributed by atoms with Gasteiger partial charge in [0, 0.05) is 23.4 Å². The first-order valence-electron chi connectivity index (χ1n) is 11.7. The summed E-state index contributed by atoms with van der Waals surface area (Å²) in [5.74, 6) is 2.53. The summed E-state index contributed by atoms with van der Waals surface area (Å²) in [6, 6.07) is 18.8. The van der Waals surface area contributed by atoms with Gasteiger partial charge in [0.2, 0.25) is 0 Å². The van der Waals surface area contributed by atoms with E-state index in [4.69, 9.17) is 25.7 Å². The largest absolute Gasteiger partial charge is 0.492 e. The van der Waals surface area contributed by atoms with Gasteiger partial charge in [0.15, 0.2) is 0 Å². The number of hydrogen-bond acceptors (Lipinski definition) is 9. The molecule has 0 fully saturated rings. The molecule has 0 amide bonds. The number of pyridine rings is 2. The van der Waals surface area contributed by atoms with Crippen molar-refractivity contribution < 1.29 is 14.2 Å². The highest BCUT2D eigenvalue weighted by molar-refractivity contribution is 5.86. The van der Waals surface area contributed by atoms with Crippen LogP contribution in [0.2, 0.25) is 0 Å². The molecule has 2 aromatic carbocycles. The summed E-state index contributed by atoms with van der Waals surface area (Å²) in [7, 11) is 0. The van der Waals surface area contributed by atoms with Crippen molar-refractivity contribution in [3.8, 4) is 11.5 Å². The van der Waals surface area contributed by atoms with Crippen molar-refractivity contribution in [2.45, 2.75) is 13.0 Å². The average Bonchev–Trinajstić information content (AvgIpc) is 3.33. The molecule has 0 bridgehead atoms. The molecule has 0 spiro atoms. The molecule has 3 aromatic heterocycles. The first-order chi connectivity index (χ1) is 17.6. The van der Waals surface area contributed by atoms with E-state index in [1.165, 1.54) is 0 Å². The molecule has 3 heterocycles. The second-order valence-corrected chi connectivity index (χ2v) is 8.18. The average molecular weight is 486 g/mol. The number of nitrogen functional groups attached to an aromatic ring is 2. The lowest BCUT2D eigenvalue weighted by molar-refractivity contribution is 0.0924. The van der Waals surface area contributed by atoms with E-state index in [1.807, 2.05) is 54.7 Å². The smallest absolute Gasteiger partial charge is 0.128 e. The van der Waals surface area contributed by atoms with Gasteiger partial charge in [-0.15, -0.1) is 5.10 Å². The Hall–Kier alpha value is -4.44. The molecule has 0 aliphatic rings. The Morgan fingerprint density at radius 2 is 1.64 bits per heavy atom. The summed E-state index contributed by atoms with van der Waals surface area (Å²) in [5, 5.41) is 10.3. The first-order valence-corrected chi connectivity index (χ1v) is 11.7. The van der Waals surface area contributed by atoms with Crippen LogP contribution in [0.3, 0.4) is 0 Å². The summed E-state index contributed by atoms with van der Waals surface area (Å²) < 4.78 is 19.2. The van der Waals surface area contributed by atoms with E-state index in [1.54, 1.807) is 16.8 Å². The van der Waals surface area contributed by atoms with Crippen LogP contribution in [0.25, 0.3) is 21.8 Å². The molecular weight excluding hydrogens is 458 g/mol. The van der Waals surface area contributed by atoms with Gasteiger partial charge in [-0.1, -0.05) is 11.3 Å². The van der Waals surface area contributed by atoms with Crippen LogP contribution in [0.4, 0.5) is 11.6 Å². The molecule has 0 radical (unpaired) electrons. The maximum atomic E-state index is 5.96. The van der Waals surface area contributed by atoms with Crippen LogP contribution in [-0.2, 0) is 17.7 Å². The van der Waals surface area contributed by atoms with Crippen molar-refractivity contribution in [2.24, 2.45) is 0 Å². The zero-order valence-electron chi connectivity index (χ0n) is 19.7. The summed E-state index contributed by atoms with van der Waals surface area (Å²) in [6.07, 6.45) is 2.55. The third-order valence-electron chi connectivity index (χ3n) is 5.56. The fourth-order valence-corrected chi connectivity index (χ4v) is 3.78. The van der Waals surface area contributed by atoms with Crippen molar-refractivity contribution in [3.63, 3.8) is 0 Å². The molecule has 0 saturated heterocycles. The van der Waals surface area contributed by atoms with Crippen molar-refractivity contribution in [1.29, 1.82) is 0 Å². The SMILES string of the molecule is Nc1ccc2cc(OCCOCCn3cc(CCOc4cccc5nc(N)ccc45)nn3)ccc2n1. The molecule has 36 heavy (non-hydrogen) atoms. The van der Waals surface area contributed by atoms with Crippen LogP contribution in [0.5, 0.6) is 11.5 Å². The summed E-state index contributed by atoms with van der Waals surface area (Å²) in [5.41, 5.74) is 14.0. The van der Waals surface area contributed by atoms with Crippen LogP contribution >= 0.6 is 0 Å². The Morgan fingerprint density at radius 1 is 0.778 bits per heavy atom. The fraction of sp³-hybridized carbons (Fsp3) is 0.231. The van der Waals surface area contributed by atoms with Crippen LogP contribution in [0, 0.1) is 0 Å². The second-order valence-electron chi connectivity index (χ2n) is 8.18.